The first kappa shape index (κ1) is 19.5. The number of esters is 1. The quantitative estimate of drug-likeness (QED) is 0.622. The number of hydrogen-bond donors (Lipinski definition) is 1. The fourth-order valence-electron chi connectivity index (χ4n) is 3.10. The molecule has 0 aliphatic heterocycles. The van der Waals surface area contributed by atoms with Gasteiger partial charge in [-0.25, -0.2) is 4.39 Å². The smallest absolute Gasteiger partial charge is 0.306 e. The molecule has 0 fully saturated rings. The van der Waals surface area contributed by atoms with Gasteiger partial charge in [-0.15, -0.1) is 0 Å². The first-order valence-electron chi connectivity index (χ1n) is 9.20. The molecule has 1 amide bonds. The summed E-state index contributed by atoms with van der Waals surface area (Å²) >= 11 is 0. The Morgan fingerprint density at radius 2 is 1.71 bits per heavy atom. The molecule has 5 heteroatoms. The minimum atomic E-state index is -0.461. The summed E-state index contributed by atoms with van der Waals surface area (Å²) in [6, 6.07) is 19.7. The number of carbonyl (C=O) groups excluding carboxylic acids is 2. The van der Waals surface area contributed by atoms with Crippen molar-refractivity contribution in [3.63, 3.8) is 0 Å². The van der Waals surface area contributed by atoms with Crippen LogP contribution in [0.4, 0.5) is 4.39 Å². The van der Waals surface area contributed by atoms with E-state index in [0.717, 1.165) is 21.9 Å². The average molecular weight is 379 g/mol. The van der Waals surface area contributed by atoms with E-state index in [2.05, 4.69) is 5.32 Å². The normalized spacial score (nSPS) is 11.8. The van der Waals surface area contributed by atoms with Crippen LogP contribution in [0.15, 0.2) is 66.7 Å². The fraction of sp³-hybridized carbons (Fsp3) is 0.217. The third kappa shape index (κ3) is 5.16. The second kappa shape index (κ2) is 9.13. The van der Waals surface area contributed by atoms with Crippen molar-refractivity contribution in [2.24, 2.45) is 0 Å². The van der Waals surface area contributed by atoms with Crippen molar-refractivity contribution < 1.29 is 18.7 Å². The Morgan fingerprint density at radius 3 is 2.50 bits per heavy atom. The van der Waals surface area contributed by atoms with E-state index < -0.39 is 5.97 Å². The molecular formula is C23H22FNO3. The molecule has 3 rings (SSSR count). The molecule has 144 valence electrons. The van der Waals surface area contributed by atoms with Crippen LogP contribution in [-0.4, -0.2) is 18.5 Å². The number of nitrogens with one attached hydrogen (secondary N) is 1. The topological polar surface area (TPSA) is 55.4 Å². The Balaban J connectivity index is 1.48. The molecule has 0 saturated carbocycles. The van der Waals surface area contributed by atoms with Gasteiger partial charge >= 0.3 is 5.97 Å². The lowest BCUT2D eigenvalue weighted by Gasteiger charge is -2.16. The van der Waals surface area contributed by atoms with E-state index in [0.29, 0.717) is 6.42 Å². The van der Waals surface area contributed by atoms with Gasteiger partial charge in [0.2, 0.25) is 0 Å². The lowest BCUT2D eigenvalue weighted by molar-refractivity contribution is -0.148. The molecular weight excluding hydrogens is 357 g/mol. The molecule has 0 unspecified atom stereocenters. The molecule has 0 radical (unpaired) electrons. The zero-order valence-corrected chi connectivity index (χ0v) is 15.7. The van der Waals surface area contributed by atoms with Crippen LogP contribution in [0.25, 0.3) is 10.8 Å². The van der Waals surface area contributed by atoms with E-state index in [1.54, 1.807) is 12.1 Å². The van der Waals surface area contributed by atoms with E-state index in [4.69, 9.17) is 4.74 Å². The average Bonchev–Trinajstić information content (AvgIpc) is 2.71. The second-order valence-corrected chi connectivity index (χ2v) is 6.64. The van der Waals surface area contributed by atoms with Gasteiger partial charge in [-0.2, -0.15) is 0 Å². The van der Waals surface area contributed by atoms with Crippen molar-refractivity contribution in [1.29, 1.82) is 0 Å². The van der Waals surface area contributed by atoms with Crippen LogP contribution >= 0.6 is 0 Å². The van der Waals surface area contributed by atoms with Crippen LogP contribution in [-0.2, 0) is 20.7 Å². The van der Waals surface area contributed by atoms with Crippen LogP contribution in [0.2, 0.25) is 0 Å². The Labute approximate surface area is 163 Å². The molecule has 0 aliphatic carbocycles. The molecule has 28 heavy (non-hydrogen) atoms. The number of aryl methyl sites for hydroxylation is 1. The highest BCUT2D eigenvalue weighted by atomic mass is 19.1. The molecule has 0 saturated heterocycles. The molecule has 0 aliphatic rings. The van der Waals surface area contributed by atoms with Gasteiger partial charge in [0.25, 0.3) is 5.91 Å². The van der Waals surface area contributed by atoms with Crippen LogP contribution in [0.1, 0.15) is 30.5 Å². The van der Waals surface area contributed by atoms with Crippen molar-refractivity contribution in [2.45, 2.75) is 25.8 Å². The van der Waals surface area contributed by atoms with Crippen molar-refractivity contribution in [2.75, 3.05) is 6.61 Å². The lowest BCUT2D eigenvalue weighted by atomic mass is 10.00. The molecule has 0 heterocycles. The summed E-state index contributed by atoms with van der Waals surface area (Å²) in [6.07, 6.45) is 0.574. The van der Waals surface area contributed by atoms with Crippen molar-refractivity contribution in [3.05, 3.63) is 83.7 Å². The number of rotatable bonds is 7. The predicted molar refractivity (Wildman–Crippen MR) is 106 cm³/mol. The molecule has 3 aromatic carbocycles. The highest BCUT2D eigenvalue weighted by Crippen LogP contribution is 2.23. The predicted octanol–water partition coefficient (Wildman–Crippen LogP) is 4.33. The van der Waals surface area contributed by atoms with Gasteiger partial charge < -0.3 is 10.1 Å². The standard InChI is InChI=1S/C23H22FNO3/c1-16(20-8-4-6-18-5-2-3-7-21(18)20)25-22(26)15-28-23(27)14-11-17-9-12-19(24)13-10-17/h2-10,12-13,16H,11,14-15H2,1H3,(H,25,26)/t16-/m1/s1. The Hall–Kier alpha value is -3.21. The largest absolute Gasteiger partial charge is 0.456 e. The Kier molecular flexibility index (Phi) is 6.37. The molecule has 0 spiro atoms. The van der Waals surface area contributed by atoms with Gasteiger partial charge in [0.15, 0.2) is 6.61 Å². The molecule has 4 nitrogen and oxygen atoms in total. The molecule has 3 aromatic rings. The molecule has 0 aromatic heterocycles. The number of fused-ring (bicyclic) bond motifs is 1. The zero-order chi connectivity index (χ0) is 19.9. The Bertz CT molecular complexity index is 964. The van der Waals surface area contributed by atoms with Crippen LogP contribution < -0.4 is 5.32 Å². The number of ether oxygens (including phenoxy) is 1. The number of carbonyl (C=O) groups is 2. The summed E-state index contributed by atoms with van der Waals surface area (Å²) in [6.45, 7) is 1.58. The first-order valence-corrected chi connectivity index (χ1v) is 9.20. The van der Waals surface area contributed by atoms with E-state index in [9.17, 15) is 14.0 Å². The monoisotopic (exact) mass is 379 g/mol. The van der Waals surface area contributed by atoms with E-state index in [1.165, 1.54) is 12.1 Å². The zero-order valence-electron chi connectivity index (χ0n) is 15.7. The van der Waals surface area contributed by atoms with E-state index in [-0.39, 0.29) is 30.8 Å². The maximum absolute atomic E-state index is 12.9. The van der Waals surface area contributed by atoms with Gasteiger partial charge in [-0.3, -0.25) is 9.59 Å². The molecule has 1 atom stereocenters. The Morgan fingerprint density at radius 1 is 1.00 bits per heavy atom. The van der Waals surface area contributed by atoms with Crippen molar-refractivity contribution in [3.8, 4) is 0 Å². The fourth-order valence-corrected chi connectivity index (χ4v) is 3.10. The van der Waals surface area contributed by atoms with Gasteiger partial charge in [-0.1, -0.05) is 54.6 Å². The lowest BCUT2D eigenvalue weighted by Crippen LogP contribution is -2.31. The van der Waals surface area contributed by atoms with Crippen LogP contribution in [0, 0.1) is 5.82 Å². The number of benzene rings is 3. The van der Waals surface area contributed by atoms with Gasteiger partial charge in [-0.05, 0) is 47.4 Å². The number of halogens is 1. The van der Waals surface area contributed by atoms with Gasteiger partial charge in [0.05, 0.1) is 6.04 Å². The number of hydrogen-bond acceptors (Lipinski definition) is 3. The van der Waals surface area contributed by atoms with Crippen LogP contribution in [0.3, 0.4) is 0 Å². The summed E-state index contributed by atoms with van der Waals surface area (Å²) in [5.74, 6) is -1.13. The highest BCUT2D eigenvalue weighted by molar-refractivity contribution is 5.87. The maximum Gasteiger partial charge on any atom is 0.306 e. The van der Waals surface area contributed by atoms with Crippen molar-refractivity contribution >= 4 is 22.6 Å². The molecule has 1 N–H and O–H groups in total. The summed E-state index contributed by atoms with van der Waals surface area (Å²) in [7, 11) is 0. The summed E-state index contributed by atoms with van der Waals surface area (Å²) in [5.41, 5.74) is 1.85. The second-order valence-electron chi connectivity index (χ2n) is 6.64. The highest BCUT2D eigenvalue weighted by Gasteiger charge is 2.14. The van der Waals surface area contributed by atoms with Gasteiger partial charge in [0.1, 0.15) is 5.82 Å². The minimum absolute atomic E-state index is 0.137. The van der Waals surface area contributed by atoms with E-state index >= 15 is 0 Å². The summed E-state index contributed by atoms with van der Waals surface area (Å²) < 4.78 is 17.9. The third-order valence-corrected chi connectivity index (χ3v) is 4.56. The summed E-state index contributed by atoms with van der Waals surface area (Å²) in [5, 5.41) is 5.05. The van der Waals surface area contributed by atoms with Crippen LogP contribution in [0.5, 0.6) is 0 Å². The van der Waals surface area contributed by atoms with Crippen molar-refractivity contribution in [1.82, 2.24) is 5.32 Å². The van der Waals surface area contributed by atoms with Gasteiger partial charge in [0, 0.05) is 6.42 Å². The number of amides is 1. The minimum Gasteiger partial charge on any atom is -0.456 e. The first-order chi connectivity index (χ1) is 13.5. The maximum atomic E-state index is 12.9. The SMILES string of the molecule is C[C@@H](NC(=O)COC(=O)CCc1ccc(F)cc1)c1cccc2ccccc12. The third-order valence-electron chi connectivity index (χ3n) is 4.56. The molecule has 0 bridgehead atoms. The van der Waals surface area contributed by atoms with E-state index in [1.807, 2.05) is 49.4 Å². The summed E-state index contributed by atoms with van der Waals surface area (Å²) in [4.78, 5) is 24.0.